The summed E-state index contributed by atoms with van der Waals surface area (Å²) >= 11 is 0. The van der Waals surface area contributed by atoms with Crippen LogP contribution in [0.3, 0.4) is 0 Å². The minimum atomic E-state index is 0.541. The minimum absolute atomic E-state index is 0.541. The van der Waals surface area contributed by atoms with Crippen LogP contribution in [0.5, 0.6) is 0 Å². The average molecular weight is 146 g/mol. The Hall–Kier alpha value is -0.960. The normalized spacial score (nSPS) is 24.6. The lowest BCUT2D eigenvalue weighted by atomic mass is 9.96. The first kappa shape index (κ1) is 8.14. The van der Waals surface area contributed by atoms with Crippen molar-refractivity contribution in [2.24, 2.45) is 5.92 Å². The molecule has 0 aromatic carbocycles. The van der Waals surface area contributed by atoms with Gasteiger partial charge in [-0.2, -0.15) is 0 Å². The van der Waals surface area contributed by atoms with Crippen molar-refractivity contribution in [3.63, 3.8) is 0 Å². The fraction of sp³-hybridized carbons (Fsp3) is 0.455. The van der Waals surface area contributed by atoms with E-state index in [1.54, 1.807) is 0 Å². The molecule has 1 aliphatic rings. The first-order chi connectivity index (χ1) is 5.24. The van der Waals surface area contributed by atoms with E-state index in [0.717, 1.165) is 18.4 Å². The van der Waals surface area contributed by atoms with Gasteiger partial charge in [0.2, 0.25) is 0 Å². The number of hydrogen-bond acceptors (Lipinski definition) is 0. The summed E-state index contributed by atoms with van der Waals surface area (Å²) in [6.45, 7) is 4.36. The maximum atomic E-state index is 5.37. The van der Waals surface area contributed by atoms with Crippen molar-refractivity contribution in [3.05, 3.63) is 23.3 Å². The largest absolute Gasteiger partial charge is 0.115 e. The summed E-state index contributed by atoms with van der Waals surface area (Å²) in [4.78, 5) is 0. The van der Waals surface area contributed by atoms with E-state index in [4.69, 9.17) is 6.42 Å². The van der Waals surface area contributed by atoms with Gasteiger partial charge in [0, 0.05) is 5.57 Å². The van der Waals surface area contributed by atoms with E-state index in [9.17, 15) is 0 Å². The van der Waals surface area contributed by atoms with Gasteiger partial charge in [-0.15, -0.1) is 6.42 Å². The van der Waals surface area contributed by atoms with Crippen LogP contribution in [0.2, 0.25) is 0 Å². The van der Waals surface area contributed by atoms with E-state index in [2.05, 4.69) is 31.9 Å². The van der Waals surface area contributed by atoms with Crippen LogP contribution in [0.15, 0.2) is 23.3 Å². The monoisotopic (exact) mass is 146 g/mol. The van der Waals surface area contributed by atoms with Gasteiger partial charge in [0.05, 0.1) is 0 Å². The first-order valence-corrected chi connectivity index (χ1v) is 4.06. The van der Waals surface area contributed by atoms with Gasteiger partial charge in [-0.05, 0) is 25.7 Å². The van der Waals surface area contributed by atoms with Crippen molar-refractivity contribution < 1.29 is 0 Å². The lowest BCUT2D eigenvalue weighted by molar-refractivity contribution is 0.696. The van der Waals surface area contributed by atoms with Gasteiger partial charge in [0.25, 0.3) is 0 Å². The third-order valence-corrected chi connectivity index (χ3v) is 2.13. The second kappa shape index (κ2) is 3.44. The molecule has 0 bridgehead atoms. The van der Waals surface area contributed by atoms with Gasteiger partial charge in [-0.1, -0.05) is 30.6 Å². The van der Waals surface area contributed by atoms with Crippen molar-refractivity contribution >= 4 is 0 Å². The number of terminal acetylenes is 1. The molecule has 0 aromatic rings. The second-order valence-electron chi connectivity index (χ2n) is 3.20. The van der Waals surface area contributed by atoms with Crippen LogP contribution in [0, 0.1) is 18.3 Å². The summed E-state index contributed by atoms with van der Waals surface area (Å²) in [5.74, 6) is 3.28. The van der Waals surface area contributed by atoms with Gasteiger partial charge in [-0.25, -0.2) is 0 Å². The Balaban J connectivity index is 2.77. The van der Waals surface area contributed by atoms with Gasteiger partial charge in [-0.3, -0.25) is 0 Å². The molecule has 1 rings (SSSR count). The fourth-order valence-electron chi connectivity index (χ4n) is 1.47. The lowest BCUT2D eigenvalue weighted by Crippen LogP contribution is -1.96. The maximum absolute atomic E-state index is 5.37. The molecule has 11 heavy (non-hydrogen) atoms. The van der Waals surface area contributed by atoms with E-state index >= 15 is 0 Å². The SMILES string of the molecule is C#CC1=CCC=C(C)CC1C. The van der Waals surface area contributed by atoms with Crippen LogP contribution in [0.4, 0.5) is 0 Å². The predicted molar refractivity (Wildman–Crippen MR) is 49.1 cm³/mol. The van der Waals surface area contributed by atoms with Crippen LogP contribution in [-0.2, 0) is 0 Å². The molecule has 0 amide bonds. The number of hydrogen-bond donors (Lipinski definition) is 0. The quantitative estimate of drug-likeness (QED) is 0.364. The van der Waals surface area contributed by atoms with Gasteiger partial charge >= 0.3 is 0 Å². The fourth-order valence-corrected chi connectivity index (χ4v) is 1.47. The molecule has 0 aliphatic heterocycles. The molecular formula is C11H14. The summed E-state index contributed by atoms with van der Waals surface area (Å²) in [6, 6.07) is 0. The molecule has 1 unspecified atom stereocenters. The van der Waals surface area contributed by atoms with E-state index in [1.165, 1.54) is 5.57 Å². The molecule has 0 fully saturated rings. The second-order valence-corrected chi connectivity index (χ2v) is 3.20. The summed E-state index contributed by atoms with van der Waals surface area (Å²) in [5.41, 5.74) is 2.62. The Morgan fingerprint density at radius 2 is 2.27 bits per heavy atom. The molecule has 0 nitrogen and oxygen atoms in total. The Labute approximate surface area is 69.0 Å². The van der Waals surface area contributed by atoms with Gasteiger partial charge in [0.15, 0.2) is 0 Å². The molecule has 0 saturated heterocycles. The zero-order valence-corrected chi connectivity index (χ0v) is 7.22. The standard InChI is InChI=1S/C11H14/c1-4-11-7-5-6-9(2)8-10(11)3/h1,6-7,10H,5,8H2,2-3H3. The van der Waals surface area contributed by atoms with Crippen LogP contribution in [0.25, 0.3) is 0 Å². The van der Waals surface area contributed by atoms with Gasteiger partial charge < -0.3 is 0 Å². The molecule has 0 heterocycles. The highest BCUT2D eigenvalue weighted by Gasteiger charge is 2.08. The first-order valence-electron chi connectivity index (χ1n) is 4.06. The smallest absolute Gasteiger partial charge is 0.00123 e. The van der Waals surface area contributed by atoms with E-state index in [-0.39, 0.29) is 0 Å². The molecule has 1 aliphatic carbocycles. The van der Waals surface area contributed by atoms with Crippen molar-refractivity contribution in [2.45, 2.75) is 26.7 Å². The molecule has 58 valence electrons. The summed E-state index contributed by atoms with van der Waals surface area (Å²) in [6.07, 6.45) is 11.9. The third kappa shape index (κ3) is 1.98. The minimum Gasteiger partial charge on any atom is -0.115 e. The highest BCUT2D eigenvalue weighted by atomic mass is 14.1. The molecular weight excluding hydrogens is 132 g/mol. The van der Waals surface area contributed by atoms with Crippen molar-refractivity contribution in [3.8, 4) is 12.3 Å². The van der Waals surface area contributed by atoms with Crippen molar-refractivity contribution in [2.75, 3.05) is 0 Å². The summed E-state index contributed by atoms with van der Waals surface area (Å²) in [5, 5.41) is 0. The molecule has 0 heteroatoms. The van der Waals surface area contributed by atoms with Crippen molar-refractivity contribution in [1.82, 2.24) is 0 Å². The number of allylic oxidation sites excluding steroid dienone is 4. The highest BCUT2D eigenvalue weighted by molar-refractivity contribution is 5.31. The van der Waals surface area contributed by atoms with Crippen molar-refractivity contribution in [1.29, 1.82) is 0 Å². The highest BCUT2D eigenvalue weighted by Crippen LogP contribution is 2.22. The molecule has 0 N–H and O–H groups in total. The molecule has 0 aromatic heterocycles. The Bertz CT molecular complexity index is 235. The average Bonchev–Trinajstić information content (AvgIpc) is 2.11. The molecule has 1 atom stereocenters. The zero-order valence-electron chi connectivity index (χ0n) is 7.22. The Kier molecular flexibility index (Phi) is 2.54. The zero-order chi connectivity index (χ0) is 8.27. The van der Waals surface area contributed by atoms with Crippen LogP contribution in [-0.4, -0.2) is 0 Å². The van der Waals surface area contributed by atoms with Crippen LogP contribution >= 0.6 is 0 Å². The Morgan fingerprint density at radius 1 is 1.55 bits per heavy atom. The van der Waals surface area contributed by atoms with E-state index < -0.39 is 0 Å². The topological polar surface area (TPSA) is 0 Å². The number of rotatable bonds is 0. The van der Waals surface area contributed by atoms with E-state index in [0.29, 0.717) is 5.92 Å². The molecule has 0 saturated carbocycles. The van der Waals surface area contributed by atoms with Crippen LogP contribution < -0.4 is 0 Å². The molecule has 0 radical (unpaired) electrons. The van der Waals surface area contributed by atoms with Crippen LogP contribution in [0.1, 0.15) is 26.7 Å². The predicted octanol–water partition coefficient (Wildman–Crippen LogP) is 2.92. The maximum Gasteiger partial charge on any atom is 0.00123 e. The third-order valence-electron chi connectivity index (χ3n) is 2.13. The lowest BCUT2D eigenvalue weighted by Gasteiger charge is -2.08. The van der Waals surface area contributed by atoms with Gasteiger partial charge in [0.1, 0.15) is 0 Å². The van der Waals surface area contributed by atoms with E-state index in [1.807, 2.05) is 0 Å². The summed E-state index contributed by atoms with van der Waals surface area (Å²) < 4.78 is 0. The molecule has 0 spiro atoms. The summed E-state index contributed by atoms with van der Waals surface area (Å²) in [7, 11) is 0. The Morgan fingerprint density at radius 3 is 2.91 bits per heavy atom.